The fourth-order valence-electron chi connectivity index (χ4n) is 5.09. The Morgan fingerprint density at radius 3 is 2.35 bits per heavy atom. The van der Waals surface area contributed by atoms with E-state index in [0.29, 0.717) is 33.1 Å². The highest BCUT2D eigenvalue weighted by Crippen LogP contribution is 2.29. The summed E-state index contributed by atoms with van der Waals surface area (Å²) in [6.45, 7) is 3.53. The third-order valence-corrected chi connectivity index (χ3v) is 8.17. The third-order valence-electron chi connectivity index (χ3n) is 7.43. The minimum atomic E-state index is -0.756. The second-order valence-electron chi connectivity index (χ2n) is 10.3. The minimum Gasteiger partial charge on any atom is -0.355 e. The first-order valence-electron chi connectivity index (χ1n) is 13.4. The predicted octanol–water partition coefficient (Wildman–Crippen LogP) is 5.94. The predicted molar refractivity (Wildman–Crippen MR) is 161 cm³/mol. The molecule has 0 unspecified atom stereocenters. The van der Waals surface area contributed by atoms with Gasteiger partial charge in [-0.05, 0) is 68.8 Å². The lowest BCUT2D eigenvalue weighted by Gasteiger charge is -2.35. The average molecular weight is 626 g/mol. The Bertz CT molecular complexity index is 1800. The van der Waals surface area contributed by atoms with Gasteiger partial charge in [0.05, 0.1) is 34.0 Å². The zero-order valence-electron chi connectivity index (χ0n) is 23.4. The number of anilines is 1. The molecule has 0 saturated heterocycles. The Morgan fingerprint density at radius 1 is 1.00 bits per heavy atom. The van der Waals surface area contributed by atoms with Crippen LogP contribution >= 0.6 is 23.2 Å². The van der Waals surface area contributed by atoms with E-state index in [1.165, 1.54) is 23.7 Å². The summed E-state index contributed by atoms with van der Waals surface area (Å²) in [7, 11) is 1.52. The topological polar surface area (TPSA) is 96.3 Å². The Labute approximate surface area is 256 Å². The highest BCUT2D eigenvalue weighted by atomic mass is 35.5. The molecule has 8 nitrogen and oxygen atoms in total. The molecule has 0 saturated carbocycles. The molecule has 222 valence electrons. The van der Waals surface area contributed by atoms with E-state index >= 15 is 0 Å². The van der Waals surface area contributed by atoms with Crippen molar-refractivity contribution in [2.75, 3.05) is 12.4 Å². The van der Waals surface area contributed by atoms with Crippen molar-refractivity contribution in [3.05, 3.63) is 121 Å². The van der Waals surface area contributed by atoms with E-state index in [9.17, 15) is 23.2 Å². The Hall–Kier alpha value is -4.28. The Morgan fingerprint density at radius 2 is 1.70 bits per heavy atom. The van der Waals surface area contributed by atoms with E-state index in [0.717, 1.165) is 12.1 Å². The lowest BCUT2D eigenvalue weighted by Crippen LogP contribution is -2.46. The van der Waals surface area contributed by atoms with Crippen LogP contribution in [-0.2, 0) is 13.0 Å². The molecule has 0 spiro atoms. The smallest absolute Gasteiger partial charge is 0.263 e. The van der Waals surface area contributed by atoms with Gasteiger partial charge in [0.15, 0.2) is 0 Å². The maximum atomic E-state index is 14.7. The molecule has 5 rings (SSSR count). The number of amides is 2. The summed E-state index contributed by atoms with van der Waals surface area (Å²) < 4.78 is 29.6. The van der Waals surface area contributed by atoms with E-state index in [-0.39, 0.29) is 52.9 Å². The van der Waals surface area contributed by atoms with Crippen LogP contribution < -0.4 is 16.2 Å². The highest BCUT2D eigenvalue weighted by Gasteiger charge is 2.32. The SMILES string of the molecule is CNC(=O)c1ccc(-n2c(N[C@H](C)c3ccc(F)cc3F)nc3c(c2=O)C[C@@H](C)N(C(=O)c2ccc(Cl)c(Cl)c2)C3)cc1. The van der Waals surface area contributed by atoms with Crippen molar-refractivity contribution in [3.63, 3.8) is 0 Å². The van der Waals surface area contributed by atoms with E-state index in [2.05, 4.69) is 10.6 Å². The fraction of sp³-hybridized carbons (Fsp3) is 0.226. The molecule has 1 aliphatic heterocycles. The normalized spacial score (nSPS) is 15.0. The zero-order chi connectivity index (χ0) is 31.0. The second kappa shape index (κ2) is 12.1. The first-order valence-corrected chi connectivity index (χ1v) is 14.2. The molecule has 2 amide bonds. The fourth-order valence-corrected chi connectivity index (χ4v) is 5.39. The van der Waals surface area contributed by atoms with Crippen molar-refractivity contribution in [1.29, 1.82) is 0 Å². The van der Waals surface area contributed by atoms with Gasteiger partial charge >= 0.3 is 0 Å². The van der Waals surface area contributed by atoms with Crippen molar-refractivity contribution in [2.24, 2.45) is 0 Å². The molecule has 0 bridgehead atoms. The molecule has 0 aliphatic carbocycles. The van der Waals surface area contributed by atoms with Gasteiger partial charge in [0.2, 0.25) is 5.95 Å². The van der Waals surface area contributed by atoms with Gasteiger partial charge in [0.1, 0.15) is 11.6 Å². The van der Waals surface area contributed by atoms with Gasteiger partial charge < -0.3 is 15.5 Å². The van der Waals surface area contributed by atoms with Gasteiger partial charge in [-0.25, -0.2) is 18.3 Å². The number of rotatable bonds is 6. The van der Waals surface area contributed by atoms with Crippen molar-refractivity contribution in [1.82, 2.24) is 19.8 Å². The van der Waals surface area contributed by atoms with Gasteiger partial charge in [-0.15, -0.1) is 0 Å². The maximum Gasteiger partial charge on any atom is 0.263 e. The molecule has 1 aliphatic rings. The van der Waals surface area contributed by atoms with E-state index in [1.807, 2.05) is 6.92 Å². The quantitative estimate of drug-likeness (QED) is 0.277. The third kappa shape index (κ3) is 5.98. The molecule has 3 aromatic carbocycles. The van der Waals surface area contributed by atoms with Gasteiger partial charge in [-0.2, -0.15) is 0 Å². The molecule has 12 heteroatoms. The molecule has 0 radical (unpaired) electrons. The number of carbonyl (C=O) groups excluding carboxylic acids is 2. The maximum absolute atomic E-state index is 14.7. The molecular weight excluding hydrogens is 599 g/mol. The van der Waals surface area contributed by atoms with Crippen LogP contribution in [0, 0.1) is 11.6 Å². The minimum absolute atomic E-state index is 0.0369. The average Bonchev–Trinajstić information content (AvgIpc) is 2.98. The lowest BCUT2D eigenvalue weighted by molar-refractivity contribution is 0.0653. The van der Waals surface area contributed by atoms with Crippen LogP contribution in [0.3, 0.4) is 0 Å². The van der Waals surface area contributed by atoms with Crippen LogP contribution in [0.15, 0.2) is 65.5 Å². The standard InChI is InChI=1S/C31H27Cl2F2N5O3/c1-16-12-23-27(15-39(16)29(42)19-6-11-24(32)25(33)13-19)38-31(37-17(2)22-10-7-20(34)14-26(22)35)40(30(23)43)21-8-4-18(5-9-21)28(41)36-3/h4-11,13-14,16-17H,12,15H2,1-3H3,(H,36,41)(H,37,38)/t16-,17-/m1/s1. The lowest BCUT2D eigenvalue weighted by atomic mass is 9.98. The number of halogens is 4. The number of hydrogen-bond donors (Lipinski definition) is 2. The zero-order valence-corrected chi connectivity index (χ0v) is 24.9. The van der Waals surface area contributed by atoms with Crippen molar-refractivity contribution in [3.8, 4) is 5.69 Å². The number of nitrogens with zero attached hydrogens (tertiary/aromatic N) is 3. The monoisotopic (exact) mass is 625 g/mol. The summed E-state index contributed by atoms with van der Waals surface area (Å²) in [6, 6.07) is 13.2. The molecular formula is C31H27Cl2F2N5O3. The first-order chi connectivity index (χ1) is 20.5. The van der Waals surface area contributed by atoms with Gasteiger partial charge in [0.25, 0.3) is 17.4 Å². The van der Waals surface area contributed by atoms with Crippen molar-refractivity contribution >= 4 is 41.0 Å². The van der Waals surface area contributed by atoms with Crippen LogP contribution in [0.2, 0.25) is 10.0 Å². The molecule has 43 heavy (non-hydrogen) atoms. The van der Waals surface area contributed by atoms with E-state index < -0.39 is 17.7 Å². The molecule has 2 atom stereocenters. The number of fused-ring (bicyclic) bond motifs is 1. The summed E-state index contributed by atoms with van der Waals surface area (Å²) in [6.07, 6.45) is 0.229. The number of hydrogen-bond acceptors (Lipinski definition) is 5. The number of benzene rings is 3. The molecule has 2 N–H and O–H groups in total. The summed E-state index contributed by atoms with van der Waals surface area (Å²) in [5.74, 6) is -1.97. The van der Waals surface area contributed by atoms with Crippen LogP contribution in [0.25, 0.3) is 5.69 Å². The molecule has 4 aromatic rings. The van der Waals surface area contributed by atoms with Crippen molar-refractivity contribution in [2.45, 2.75) is 38.9 Å². The van der Waals surface area contributed by atoms with Crippen LogP contribution in [0.1, 0.15) is 57.4 Å². The van der Waals surface area contributed by atoms with Crippen LogP contribution in [-0.4, -0.2) is 39.4 Å². The number of carbonyl (C=O) groups is 2. The van der Waals surface area contributed by atoms with Gasteiger partial charge in [-0.3, -0.25) is 14.4 Å². The molecule has 0 fully saturated rings. The Balaban J connectivity index is 1.59. The summed E-state index contributed by atoms with van der Waals surface area (Å²) in [5.41, 5.74) is 1.75. The summed E-state index contributed by atoms with van der Waals surface area (Å²) in [5, 5.41) is 6.22. The van der Waals surface area contributed by atoms with Gasteiger partial charge in [-0.1, -0.05) is 29.3 Å². The number of aromatic nitrogens is 2. The van der Waals surface area contributed by atoms with Gasteiger partial charge in [0, 0.05) is 41.4 Å². The van der Waals surface area contributed by atoms with E-state index in [1.54, 1.807) is 48.2 Å². The van der Waals surface area contributed by atoms with E-state index in [4.69, 9.17) is 28.2 Å². The summed E-state index contributed by atoms with van der Waals surface area (Å²) >= 11 is 12.2. The van der Waals surface area contributed by atoms with Crippen molar-refractivity contribution < 1.29 is 18.4 Å². The second-order valence-corrected chi connectivity index (χ2v) is 11.1. The highest BCUT2D eigenvalue weighted by molar-refractivity contribution is 6.42. The first kappa shape index (κ1) is 30.2. The summed E-state index contributed by atoms with van der Waals surface area (Å²) in [4.78, 5) is 46.0. The molecule has 2 heterocycles. The van der Waals surface area contributed by atoms with Crippen LogP contribution in [0.4, 0.5) is 14.7 Å². The Kier molecular flexibility index (Phi) is 8.52. The largest absolute Gasteiger partial charge is 0.355 e. The number of nitrogens with one attached hydrogen (secondary N) is 2. The molecule has 1 aromatic heterocycles. The van der Waals surface area contributed by atoms with Crippen LogP contribution in [0.5, 0.6) is 0 Å².